The molecule has 0 spiro atoms. The van der Waals surface area contributed by atoms with E-state index < -0.39 is 0 Å². The number of hydrogen-bond acceptors (Lipinski definition) is 5. The Kier molecular flexibility index (Phi) is 6.31. The van der Waals surface area contributed by atoms with Crippen LogP contribution in [0.25, 0.3) is 0 Å². The van der Waals surface area contributed by atoms with Crippen molar-refractivity contribution in [3.8, 4) is 23.0 Å². The van der Waals surface area contributed by atoms with Crippen molar-refractivity contribution in [3.05, 3.63) is 48.0 Å². The zero-order valence-corrected chi connectivity index (χ0v) is 14.0. The standard InChI is InChI=1S/C18H21NO5/c1-21-14-4-6-15(7-5-14)24-12-18(20)19-11-13-10-16(22-2)8-9-17(13)23-3/h4-10H,11-12H2,1-3H3,(H,19,20). The van der Waals surface area contributed by atoms with E-state index in [1.807, 2.05) is 6.07 Å². The number of rotatable bonds is 8. The van der Waals surface area contributed by atoms with Gasteiger partial charge in [0.25, 0.3) is 5.91 Å². The fourth-order valence-corrected chi connectivity index (χ4v) is 2.09. The van der Waals surface area contributed by atoms with Crippen molar-refractivity contribution in [2.75, 3.05) is 27.9 Å². The second-order valence-corrected chi connectivity index (χ2v) is 4.92. The fraction of sp³-hybridized carbons (Fsp3) is 0.278. The summed E-state index contributed by atoms with van der Waals surface area (Å²) in [7, 11) is 4.77. The van der Waals surface area contributed by atoms with E-state index in [4.69, 9.17) is 18.9 Å². The highest BCUT2D eigenvalue weighted by molar-refractivity contribution is 5.77. The van der Waals surface area contributed by atoms with Gasteiger partial charge in [-0.05, 0) is 42.5 Å². The highest BCUT2D eigenvalue weighted by Gasteiger charge is 2.08. The van der Waals surface area contributed by atoms with Crippen LogP contribution in [-0.2, 0) is 11.3 Å². The highest BCUT2D eigenvalue weighted by Crippen LogP contribution is 2.23. The third kappa shape index (κ3) is 4.81. The van der Waals surface area contributed by atoms with Crippen molar-refractivity contribution in [1.29, 1.82) is 0 Å². The second-order valence-electron chi connectivity index (χ2n) is 4.92. The first-order valence-corrected chi connectivity index (χ1v) is 7.40. The predicted octanol–water partition coefficient (Wildman–Crippen LogP) is 2.41. The molecule has 2 aromatic carbocycles. The summed E-state index contributed by atoms with van der Waals surface area (Å²) < 4.78 is 21.0. The maximum Gasteiger partial charge on any atom is 0.258 e. The summed E-state index contributed by atoms with van der Waals surface area (Å²) in [5, 5.41) is 2.79. The van der Waals surface area contributed by atoms with Crippen LogP contribution in [0.5, 0.6) is 23.0 Å². The van der Waals surface area contributed by atoms with E-state index >= 15 is 0 Å². The van der Waals surface area contributed by atoms with Gasteiger partial charge in [0.1, 0.15) is 23.0 Å². The molecule has 0 bridgehead atoms. The molecule has 6 heteroatoms. The Labute approximate surface area is 141 Å². The molecule has 0 fully saturated rings. The van der Waals surface area contributed by atoms with Gasteiger partial charge >= 0.3 is 0 Å². The Morgan fingerprint density at radius 2 is 1.50 bits per heavy atom. The van der Waals surface area contributed by atoms with E-state index in [1.54, 1.807) is 57.7 Å². The summed E-state index contributed by atoms with van der Waals surface area (Å²) >= 11 is 0. The van der Waals surface area contributed by atoms with Crippen LogP contribution >= 0.6 is 0 Å². The van der Waals surface area contributed by atoms with Crippen molar-refractivity contribution >= 4 is 5.91 Å². The Morgan fingerprint density at radius 3 is 2.12 bits per heavy atom. The molecule has 0 aromatic heterocycles. The lowest BCUT2D eigenvalue weighted by molar-refractivity contribution is -0.123. The van der Waals surface area contributed by atoms with Crippen LogP contribution in [0.2, 0.25) is 0 Å². The largest absolute Gasteiger partial charge is 0.497 e. The van der Waals surface area contributed by atoms with Crippen LogP contribution in [0, 0.1) is 0 Å². The fourth-order valence-electron chi connectivity index (χ4n) is 2.09. The van der Waals surface area contributed by atoms with E-state index in [0.29, 0.717) is 23.8 Å². The number of benzene rings is 2. The molecule has 24 heavy (non-hydrogen) atoms. The molecule has 0 radical (unpaired) electrons. The first kappa shape index (κ1) is 17.5. The van der Waals surface area contributed by atoms with E-state index in [2.05, 4.69) is 5.32 Å². The molecule has 2 aromatic rings. The SMILES string of the molecule is COc1ccc(OCC(=O)NCc2cc(OC)ccc2OC)cc1. The first-order valence-electron chi connectivity index (χ1n) is 7.40. The smallest absolute Gasteiger partial charge is 0.258 e. The van der Waals surface area contributed by atoms with E-state index in [-0.39, 0.29) is 12.5 Å². The van der Waals surface area contributed by atoms with Gasteiger partial charge in [0.15, 0.2) is 6.61 Å². The number of carbonyl (C=O) groups is 1. The minimum Gasteiger partial charge on any atom is -0.497 e. The first-order chi connectivity index (χ1) is 11.7. The van der Waals surface area contributed by atoms with Crippen molar-refractivity contribution in [2.24, 2.45) is 0 Å². The van der Waals surface area contributed by atoms with E-state index in [9.17, 15) is 4.79 Å². The Morgan fingerprint density at radius 1 is 0.875 bits per heavy atom. The molecule has 0 saturated carbocycles. The minimum absolute atomic E-state index is 0.0708. The quantitative estimate of drug-likeness (QED) is 0.805. The van der Waals surface area contributed by atoms with E-state index in [1.165, 1.54) is 0 Å². The lowest BCUT2D eigenvalue weighted by atomic mass is 10.2. The summed E-state index contributed by atoms with van der Waals surface area (Å²) in [6, 6.07) is 12.5. The topological polar surface area (TPSA) is 66.0 Å². The molecule has 0 unspecified atom stereocenters. The van der Waals surface area contributed by atoms with Crippen LogP contribution in [0.15, 0.2) is 42.5 Å². The maximum absolute atomic E-state index is 11.9. The molecule has 0 aliphatic rings. The lowest BCUT2D eigenvalue weighted by Crippen LogP contribution is -2.28. The van der Waals surface area contributed by atoms with Gasteiger partial charge < -0.3 is 24.3 Å². The van der Waals surface area contributed by atoms with Crippen molar-refractivity contribution < 1.29 is 23.7 Å². The van der Waals surface area contributed by atoms with E-state index in [0.717, 1.165) is 11.3 Å². The molecule has 0 saturated heterocycles. The van der Waals surface area contributed by atoms with Gasteiger partial charge in [0.05, 0.1) is 21.3 Å². The summed E-state index contributed by atoms with van der Waals surface area (Å²) in [6.07, 6.45) is 0. The Bertz CT molecular complexity index is 670. The Balaban J connectivity index is 1.86. The molecule has 0 heterocycles. The van der Waals surface area contributed by atoms with Crippen LogP contribution in [0.1, 0.15) is 5.56 Å². The monoisotopic (exact) mass is 331 g/mol. The van der Waals surface area contributed by atoms with Gasteiger partial charge in [0, 0.05) is 12.1 Å². The Hall–Kier alpha value is -2.89. The average Bonchev–Trinajstić information content (AvgIpc) is 2.64. The molecule has 0 aliphatic heterocycles. The zero-order valence-electron chi connectivity index (χ0n) is 14.0. The molecule has 6 nitrogen and oxygen atoms in total. The van der Waals surface area contributed by atoms with Gasteiger partial charge in [-0.25, -0.2) is 0 Å². The molecule has 0 aliphatic carbocycles. The molecule has 0 atom stereocenters. The lowest BCUT2D eigenvalue weighted by Gasteiger charge is -2.12. The van der Waals surface area contributed by atoms with Crippen molar-refractivity contribution in [2.45, 2.75) is 6.54 Å². The number of ether oxygens (including phenoxy) is 4. The maximum atomic E-state index is 11.9. The number of nitrogens with one attached hydrogen (secondary N) is 1. The third-order valence-electron chi connectivity index (χ3n) is 3.39. The van der Waals surface area contributed by atoms with Crippen LogP contribution in [0.4, 0.5) is 0 Å². The van der Waals surface area contributed by atoms with Gasteiger partial charge in [-0.2, -0.15) is 0 Å². The number of amides is 1. The number of hydrogen-bond donors (Lipinski definition) is 1. The molecular formula is C18H21NO5. The van der Waals surface area contributed by atoms with Gasteiger partial charge in [-0.1, -0.05) is 0 Å². The predicted molar refractivity (Wildman–Crippen MR) is 89.9 cm³/mol. The highest BCUT2D eigenvalue weighted by atomic mass is 16.5. The van der Waals surface area contributed by atoms with Crippen molar-refractivity contribution in [3.63, 3.8) is 0 Å². The van der Waals surface area contributed by atoms with Gasteiger partial charge in [0.2, 0.25) is 0 Å². The van der Waals surface area contributed by atoms with Crippen LogP contribution in [0.3, 0.4) is 0 Å². The van der Waals surface area contributed by atoms with Gasteiger partial charge in [-0.3, -0.25) is 4.79 Å². The molecular weight excluding hydrogens is 310 g/mol. The molecule has 128 valence electrons. The summed E-state index contributed by atoms with van der Waals surface area (Å²) in [5.74, 6) is 2.50. The average molecular weight is 331 g/mol. The zero-order chi connectivity index (χ0) is 17.4. The molecule has 1 N–H and O–H groups in total. The number of methoxy groups -OCH3 is 3. The summed E-state index contributed by atoms with van der Waals surface area (Å²) in [4.78, 5) is 11.9. The summed E-state index contributed by atoms with van der Waals surface area (Å²) in [5.41, 5.74) is 0.828. The number of carbonyl (C=O) groups excluding carboxylic acids is 1. The van der Waals surface area contributed by atoms with Crippen LogP contribution in [-0.4, -0.2) is 33.8 Å². The van der Waals surface area contributed by atoms with Gasteiger partial charge in [-0.15, -0.1) is 0 Å². The molecule has 1 amide bonds. The van der Waals surface area contributed by atoms with Crippen molar-refractivity contribution in [1.82, 2.24) is 5.32 Å². The van der Waals surface area contributed by atoms with Crippen LogP contribution < -0.4 is 24.3 Å². The second kappa shape index (κ2) is 8.67. The minimum atomic E-state index is -0.226. The summed E-state index contributed by atoms with van der Waals surface area (Å²) in [6.45, 7) is 0.254. The molecule has 2 rings (SSSR count). The normalized spacial score (nSPS) is 9.96. The third-order valence-corrected chi connectivity index (χ3v) is 3.39.